The molecule has 134 valence electrons. The van der Waals surface area contributed by atoms with Gasteiger partial charge < -0.3 is 4.90 Å². The molecule has 0 spiro atoms. The van der Waals surface area contributed by atoms with Gasteiger partial charge in [0.15, 0.2) is 9.84 Å². The maximum absolute atomic E-state index is 13.1. The van der Waals surface area contributed by atoms with Crippen LogP contribution in [0.1, 0.15) is 6.42 Å². The van der Waals surface area contributed by atoms with E-state index < -0.39 is 43.4 Å². The van der Waals surface area contributed by atoms with Crippen LogP contribution in [-0.4, -0.2) is 58.8 Å². The van der Waals surface area contributed by atoms with Crippen molar-refractivity contribution in [1.82, 2.24) is 9.62 Å². The number of amides is 1. The molecule has 1 heterocycles. The van der Waals surface area contributed by atoms with Crippen LogP contribution < -0.4 is 4.72 Å². The molecule has 1 aromatic carbocycles. The van der Waals surface area contributed by atoms with E-state index in [1.54, 1.807) is 0 Å². The van der Waals surface area contributed by atoms with Crippen molar-refractivity contribution in [3.8, 4) is 0 Å². The van der Waals surface area contributed by atoms with E-state index in [2.05, 4.69) is 4.72 Å². The predicted octanol–water partition coefficient (Wildman–Crippen LogP) is 0.403. The van der Waals surface area contributed by atoms with Crippen LogP contribution in [0.5, 0.6) is 0 Å². The first-order valence-corrected chi connectivity index (χ1v) is 10.7. The Hall–Kier alpha value is -1.23. The van der Waals surface area contributed by atoms with Crippen LogP contribution in [0.2, 0.25) is 5.02 Å². The van der Waals surface area contributed by atoms with Gasteiger partial charge >= 0.3 is 0 Å². The van der Waals surface area contributed by atoms with E-state index in [9.17, 15) is 26.0 Å². The third-order valence-corrected chi connectivity index (χ3v) is 7.00. The van der Waals surface area contributed by atoms with Gasteiger partial charge in [-0.2, -0.15) is 0 Å². The molecule has 1 aliphatic heterocycles. The van der Waals surface area contributed by atoms with Gasteiger partial charge in [0.05, 0.1) is 21.7 Å². The number of hydrogen-bond acceptors (Lipinski definition) is 5. The number of hydrogen-bond donors (Lipinski definition) is 1. The minimum Gasteiger partial charge on any atom is -0.340 e. The van der Waals surface area contributed by atoms with Gasteiger partial charge in [-0.05, 0) is 24.6 Å². The summed E-state index contributed by atoms with van der Waals surface area (Å²) in [6.45, 7) is -0.226. The molecule has 1 aliphatic rings. The van der Waals surface area contributed by atoms with Gasteiger partial charge in [0.25, 0.3) is 0 Å². The fourth-order valence-corrected chi connectivity index (χ4v) is 4.53. The van der Waals surface area contributed by atoms with Crippen LogP contribution in [0.3, 0.4) is 0 Å². The molecule has 1 atom stereocenters. The van der Waals surface area contributed by atoms with E-state index in [4.69, 9.17) is 11.6 Å². The molecule has 1 unspecified atom stereocenters. The highest BCUT2D eigenvalue weighted by atomic mass is 35.5. The lowest BCUT2D eigenvalue weighted by Gasteiger charge is -2.16. The molecule has 1 amide bonds. The molecule has 11 heteroatoms. The quantitative estimate of drug-likeness (QED) is 0.773. The Morgan fingerprint density at radius 1 is 1.38 bits per heavy atom. The summed E-state index contributed by atoms with van der Waals surface area (Å²) >= 11 is 5.55. The number of halogens is 2. The highest BCUT2D eigenvalue weighted by Gasteiger charge is 2.32. The first-order valence-electron chi connectivity index (χ1n) is 6.92. The van der Waals surface area contributed by atoms with Crippen molar-refractivity contribution >= 4 is 37.4 Å². The Kier molecular flexibility index (Phi) is 5.53. The lowest BCUT2D eigenvalue weighted by Crippen LogP contribution is -2.39. The summed E-state index contributed by atoms with van der Waals surface area (Å²) in [5, 5.41) is -0.978. The van der Waals surface area contributed by atoms with E-state index >= 15 is 0 Å². The van der Waals surface area contributed by atoms with Crippen LogP contribution in [0, 0.1) is 5.82 Å². The van der Waals surface area contributed by atoms with Gasteiger partial charge in [-0.1, -0.05) is 11.6 Å². The number of rotatable bonds is 5. The summed E-state index contributed by atoms with van der Waals surface area (Å²) in [7, 11) is -7.28. The standard InChI is InChI=1S/C13H16ClFN2O5S2/c1-23(19,20)10-4-5-17(8-10)13(18)7-16-24(21,22)9-2-3-12(15)11(14)6-9/h2-3,6,10,16H,4-5,7-8H2,1H3. The Morgan fingerprint density at radius 3 is 2.58 bits per heavy atom. The monoisotopic (exact) mass is 398 g/mol. The van der Waals surface area contributed by atoms with Gasteiger partial charge in [0, 0.05) is 19.3 Å². The van der Waals surface area contributed by atoms with Crippen molar-refractivity contribution < 1.29 is 26.0 Å². The normalized spacial score (nSPS) is 18.8. The first-order chi connectivity index (χ1) is 11.0. The topological polar surface area (TPSA) is 101 Å². The summed E-state index contributed by atoms with van der Waals surface area (Å²) in [6, 6.07) is 2.89. The zero-order valence-corrected chi connectivity index (χ0v) is 15.1. The number of benzene rings is 1. The molecule has 0 bridgehead atoms. The lowest BCUT2D eigenvalue weighted by atomic mass is 10.3. The summed E-state index contributed by atoms with van der Waals surface area (Å²) in [5.41, 5.74) is 0. The lowest BCUT2D eigenvalue weighted by molar-refractivity contribution is -0.128. The zero-order valence-electron chi connectivity index (χ0n) is 12.7. The Labute approximate surface area is 144 Å². The molecular formula is C13H16ClFN2O5S2. The van der Waals surface area contributed by atoms with Crippen LogP contribution in [0.25, 0.3) is 0 Å². The fourth-order valence-electron chi connectivity index (χ4n) is 2.30. The first kappa shape index (κ1) is 19.1. The average molecular weight is 399 g/mol. The third-order valence-electron chi connectivity index (χ3n) is 3.72. The number of carbonyl (C=O) groups excluding carboxylic acids is 1. The van der Waals surface area contributed by atoms with Crippen LogP contribution in [0.15, 0.2) is 23.1 Å². The van der Waals surface area contributed by atoms with Crippen molar-refractivity contribution in [2.24, 2.45) is 0 Å². The molecule has 0 saturated carbocycles. The van der Waals surface area contributed by atoms with Crippen molar-refractivity contribution in [3.63, 3.8) is 0 Å². The Bertz CT molecular complexity index is 857. The summed E-state index contributed by atoms with van der Waals surface area (Å²) in [6.07, 6.45) is 1.43. The number of nitrogens with zero attached hydrogens (tertiary/aromatic N) is 1. The van der Waals surface area contributed by atoms with Crippen LogP contribution in [-0.2, 0) is 24.7 Å². The van der Waals surface area contributed by atoms with Crippen molar-refractivity contribution in [2.45, 2.75) is 16.6 Å². The second-order valence-electron chi connectivity index (χ2n) is 5.48. The summed E-state index contributed by atoms with van der Waals surface area (Å²) in [5.74, 6) is -1.28. The number of sulfone groups is 1. The molecule has 1 saturated heterocycles. The highest BCUT2D eigenvalue weighted by molar-refractivity contribution is 7.91. The molecule has 24 heavy (non-hydrogen) atoms. The fraction of sp³-hybridized carbons (Fsp3) is 0.462. The molecule has 1 N–H and O–H groups in total. The molecule has 7 nitrogen and oxygen atoms in total. The maximum atomic E-state index is 13.1. The van der Waals surface area contributed by atoms with E-state index in [1.807, 2.05) is 0 Å². The largest absolute Gasteiger partial charge is 0.340 e. The second-order valence-corrected chi connectivity index (χ2v) is 9.98. The third kappa shape index (κ3) is 4.44. The minimum absolute atomic E-state index is 0.0434. The maximum Gasteiger partial charge on any atom is 0.241 e. The van der Waals surface area contributed by atoms with E-state index in [1.165, 1.54) is 4.90 Å². The van der Waals surface area contributed by atoms with Crippen molar-refractivity contribution in [1.29, 1.82) is 0 Å². The number of sulfonamides is 1. The second kappa shape index (κ2) is 6.95. The van der Waals surface area contributed by atoms with Crippen molar-refractivity contribution in [3.05, 3.63) is 29.0 Å². The van der Waals surface area contributed by atoms with Crippen LogP contribution in [0.4, 0.5) is 4.39 Å². The van der Waals surface area contributed by atoms with E-state index in [0.29, 0.717) is 6.42 Å². The van der Waals surface area contributed by atoms with Gasteiger partial charge in [0.1, 0.15) is 5.82 Å². The van der Waals surface area contributed by atoms with Gasteiger partial charge in [-0.3, -0.25) is 4.79 Å². The van der Waals surface area contributed by atoms with E-state index in [-0.39, 0.29) is 23.0 Å². The molecule has 2 rings (SSSR count). The van der Waals surface area contributed by atoms with Gasteiger partial charge in [0.2, 0.25) is 15.9 Å². The summed E-state index contributed by atoms with van der Waals surface area (Å²) in [4.78, 5) is 13.1. The Morgan fingerprint density at radius 2 is 2.04 bits per heavy atom. The molecule has 0 aromatic heterocycles. The number of likely N-dealkylation sites (tertiary alicyclic amines) is 1. The van der Waals surface area contributed by atoms with E-state index in [0.717, 1.165) is 24.5 Å². The molecule has 1 fully saturated rings. The number of nitrogens with one attached hydrogen (secondary N) is 1. The average Bonchev–Trinajstić information content (AvgIpc) is 2.97. The highest BCUT2D eigenvalue weighted by Crippen LogP contribution is 2.19. The predicted molar refractivity (Wildman–Crippen MR) is 86.4 cm³/mol. The van der Waals surface area contributed by atoms with Gasteiger partial charge in [-0.25, -0.2) is 25.9 Å². The molecule has 1 aromatic rings. The summed E-state index contributed by atoms with van der Waals surface area (Å²) < 4.78 is 62.3. The Balaban J connectivity index is 1.99. The molecule has 0 aliphatic carbocycles. The number of carbonyl (C=O) groups is 1. The molecule has 0 radical (unpaired) electrons. The van der Waals surface area contributed by atoms with Crippen LogP contribution >= 0.6 is 11.6 Å². The zero-order chi connectivity index (χ0) is 18.1. The van der Waals surface area contributed by atoms with Gasteiger partial charge in [-0.15, -0.1) is 0 Å². The SMILES string of the molecule is CS(=O)(=O)C1CCN(C(=O)CNS(=O)(=O)c2ccc(F)c(Cl)c2)C1. The molecular weight excluding hydrogens is 383 g/mol. The smallest absolute Gasteiger partial charge is 0.241 e. The van der Waals surface area contributed by atoms with Crippen molar-refractivity contribution in [2.75, 3.05) is 25.9 Å². The minimum atomic E-state index is -4.03.